The zero-order valence-electron chi connectivity index (χ0n) is 14.8. The Labute approximate surface area is 153 Å². The van der Waals surface area contributed by atoms with Gasteiger partial charge in [-0.3, -0.25) is 4.79 Å². The predicted octanol–water partition coefficient (Wildman–Crippen LogP) is 4.72. The zero-order chi connectivity index (χ0) is 19.3. The number of hydrogen-bond donors (Lipinski definition) is 0. The smallest absolute Gasteiger partial charge is 0.466 e. The molecule has 0 aromatic heterocycles. The maximum absolute atomic E-state index is 12.3. The lowest BCUT2D eigenvalue weighted by molar-refractivity contribution is -0.149. The number of esters is 1. The van der Waals surface area contributed by atoms with E-state index >= 15 is 0 Å². The van der Waals surface area contributed by atoms with E-state index in [1.807, 2.05) is 6.92 Å². The van der Waals surface area contributed by atoms with E-state index in [1.165, 1.54) is 12.1 Å². The molecule has 0 N–H and O–H groups in total. The molecule has 8 heteroatoms. The molecule has 4 nitrogen and oxygen atoms in total. The van der Waals surface area contributed by atoms with Crippen molar-refractivity contribution in [1.82, 2.24) is 0 Å². The second kappa shape index (κ2) is 8.88. The van der Waals surface area contributed by atoms with Crippen LogP contribution in [0.25, 0.3) is 0 Å². The molecule has 0 saturated heterocycles. The molecule has 0 radical (unpaired) electrons. The Balaban J connectivity index is 1.89. The Hall–Kier alpha value is -1.57. The van der Waals surface area contributed by atoms with Crippen LogP contribution >= 0.6 is 0 Å². The van der Waals surface area contributed by atoms with E-state index in [0.29, 0.717) is 18.4 Å². The van der Waals surface area contributed by atoms with Gasteiger partial charge in [-0.1, -0.05) is 19.1 Å². The van der Waals surface area contributed by atoms with Crippen molar-refractivity contribution in [3.8, 4) is 5.75 Å². The summed E-state index contributed by atoms with van der Waals surface area (Å²) in [5, 5.41) is 0. The van der Waals surface area contributed by atoms with E-state index in [1.54, 1.807) is 19.1 Å². The molecule has 2 atom stereocenters. The average molecular weight is 392 g/mol. The maximum Gasteiger partial charge on any atom is 0.508 e. The summed E-state index contributed by atoms with van der Waals surface area (Å²) in [6.45, 7) is 4.07. The van der Waals surface area contributed by atoms with Gasteiger partial charge in [0.25, 0.3) is 0 Å². The normalized spacial score (nSPS) is 23.1. The molecule has 0 heterocycles. The minimum Gasteiger partial charge on any atom is -0.466 e. The minimum absolute atomic E-state index is 0.0750. The summed E-state index contributed by atoms with van der Waals surface area (Å²) in [4.78, 5) is 11.8. The predicted molar refractivity (Wildman–Crippen MR) is 91.8 cm³/mol. The van der Waals surface area contributed by atoms with Crippen LogP contribution in [-0.2, 0) is 20.6 Å². The second-order valence-electron chi connectivity index (χ2n) is 6.49. The molecule has 2 unspecified atom stereocenters. The van der Waals surface area contributed by atoms with Gasteiger partial charge in [0.1, 0.15) is 5.75 Å². The third-order valence-electron chi connectivity index (χ3n) is 4.85. The summed E-state index contributed by atoms with van der Waals surface area (Å²) in [6.07, 6.45) is 3.62. The van der Waals surface area contributed by atoms with Crippen molar-refractivity contribution in [2.24, 2.45) is 11.8 Å². The van der Waals surface area contributed by atoms with Gasteiger partial charge in [-0.25, -0.2) is 4.21 Å². The fourth-order valence-corrected chi connectivity index (χ4v) is 3.73. The van der Waals surface area contributed by atoms with Crippen LogP contribution < -0.4 is 4.18 Å². The molecular weight excluding hydrogens is 369 g/mol. The van der Waals surface area contributed by atoms with Crippen LogP contribution in [0.5, 0.6) is 5.75 Å². The largest absolute Gasteiger partial charge is 0.508 e. The highest BCUT2D eigenvalue weighted by molar-refractivity contribution is 7.81. The second-order valence-corrected chi connectivity index (χ2v) is 7.58. The third-order valence-corrected chi connectivity index (χ3v) is 5.57. The summed E-state index contributed by atoms with van der Waals surface area (Å²) in [7, 11) is 0. The molecule has 2 rings (SSSR count). The van der Waals surface area contributed by atoms with Crippen LogP contribution in [0.1, 0.15) is 51.0 Å². The van der Waals surface area contributed by atoms with E-state index in [4.69, 9.17) is 4.74 Å². The Bertz CT molecular complexity index is 622. The van der Waals surface area contributed by atoms with Gasteiger partial charge in [-0.05, 0) is 62.1 Å². The molecular formula is C18H23F3O4S. The Morgan fingerprint density at radius 3 is 2.27 bits per heavy atom. The van der Waals surface area contributed by atoms with Crippen LogP contribution in [0.2, 0.25) is 0 Å². The molecule has 1 fully saturated rings. The van der Waals surface area contributed by atoms with Crippen LogP contribution in [0.3, 0.4) is 0 Å². The van der Waals surface area contributed by atoms with Crippen molar-refractivity contribution in [3.63, 3.8) is 0 Å². The molecule has 0 spiro atoms. The lowest BCUT2D eigenvalue weighted by Crippen LogP contribution is -2.26. The molecule has 0 amide bonds. The quantitative estimate of drug-likeness (QED) is 0.657. The van der Waals surface area contributed by atoms with E-state index in [0.717, 1.165) is 31.2 Å². The molecule has 0 aliphatic heterocycles. The summed E-state index contributed by atoms with van der Waals surface area (Å²) >= 11 is -3.36. The Kier molecular flexibility index (Phi) is 7.08. The third kappa shape index (κ3) is 5.46. The number of benzene rings is 1. The SMILES string of the molecule is CCOC(=O)C(C)C1CCC(c2ccc(OS(=O)C(F)(F)F)cc2)CC1. The number of hydrogen-bond acceptors (Lipinski definition) is 4. The average Bonchev–Trinajstić information content (AvgIpc) is 2.61. The molecule has 26 heavy (non-hydrogen) atoms. The highest BCUT2D eigenvalue weighted by atomic mass is 32.2. The molecule has 1 aliphatic rings. The summed E-state index contributed by atoms with van der Waals surface area (Å²) in [5.41, 5.74) is -3.88. The van der Waals surface area contributed by atoms with Crippen molar-refractivity contribution in [1.29, 1.82) is 0 Å². The highest BCUT2D eigenvalue weighted by Crippen LogP contribution is 2.39. The Morgan fingerprint density at radius 1 is 1.19 bits per heavy atom. The number of ether oxygens (including phenoxy) is 1. The van der Waals surface area contributed by atoms with Crippen molar-refractivity contribution in [2.75, 3.05) is 6.61 Å². The van der Waals surface area contributed by atoms with E-state index in [2.05, 4.69) is 4.18 Å². The molecule has 0 bridgehead atoms. The van der Waals surface area contributed by atoms with Crippen LogP contribution in [0, 0.1) is 11.8 Å². The molecule has 1 aromatic carbocycles. The first kappa shape index (κ1) is 20.7. The molecule has 1 saturated carbocycles. The van der Waals surface area contributed by atoms with Gasteiger partial charge in [0.15, 0.2) is 0 Å². The first-order valence-electron chi connectivity index (χ1n) is 8.65. The van der Waals surface area contributed by atoms with Gasteiger partial charge in [0, 0.05) is 0 Å². The van der Waals surface area contributed by atoms with Crippen molar-refractivity contribution >= 4 is 17.0 Å². The van der Waals surface area contributed by atoms with Gasteiger partial charge in [0.05, 0.1) is 12.5 Å². The molecule has 146 valence electrons. The number of alkyl halides is 3. The maximum atomic E-state index is 12.3. The Morgan fingerprint density at radius 2 is 1.77 bits per heavy atom. The van der Waals surface area contributed by atoms with Crippen molar-refractivity contribution in [2.45, 2.75) is 51.0 Å². The fourth-order valence-electron chi connectivity index (χ4n) is 3.35. The fraction of sp³-hybridized carbons (Fsp3) is 0.611. The summed E-state index contributed by atoms with van der Waals surface area (Å²) in [6, 6.07) is 6.24. The lowest BCUT2D eigenvalue weighted by Gasteiger charge is -2.31. The van der Waals surface area contributed by atoms with E-state index in [-0.39, 0.29) is 17.6 Å². The number of carbonyl (C=O) groups excluding carboxylic acids is 1. The van der Waals surface area contributed by atoms with Gasteiger partial charge in [-0.2, -0.15) is 13.2 Å². The van der Waals surface area contributed by atoms with E-state index < -0.39 is 16.6 Å². The standard InChI is InChI=1S/C18H23F3O4S/c1-3-24-17(22)12(2)13-4-6-14(7-5-13)15-8-10-16(11-9-15)25-26(23)18(19,20)21/h8-14H,3-7H2,1-2H3. The zero-order valence-corrected chi connectivity index (χ0v) is 15.6. The van der Waals surface area contributed by atoms with Gasteiger partial charge < -0.3 is 8.92 Å². The number of rotatable bonds is 6. The number of halogens is 3. The first-order chi connectivity index (χ1) is 12.2. The van der Waals surface area contributed by atoms with Crippen molar-refractivity contribution in [3.05, 3.63) is 29.8 Å². The summed E-state index contributed by atoms with van der Waals surface area (Å²) in [5.74, 6) is 0.234. The first-order valence-corrected chi connectivity index (χ1v) is 9.73. The van der Waals surface area contributed by atoms with E-state index in [9.17, 15) is 22.2 Å². The molecule has 1 aromatic rings. The van der Waals surface area contributed by atoms with Crippen LogP contribution in [-0.4, -0.2) is 22.3 Å². The highest BCUT2D eigenvalue weighted by Gasteiger charge is 2.40. The lowest BCUT2D eigenvalue weighted by atomic mass is 9.74. The number of carbonyl (C=O) groups is 1. The minimum atomic E-state index is -4.90. The monoisotopic (exact) mass is 392 g/mol. The van der Waals surface area contributed by atoms with Gasteiger partial charge in [-0.15, -0.1) is 0 Å². The molecule has 1 aliphatic carbocycles. The van der Waals surface area contributed by atoms with Crippen molar-refractivity contribution < 1.29 is 31.1 Å². The van der Waals surface area contributed by atoms with Crippen LogP contribution in [0.15, 0.2) is 24.3 Å². The van der Waals surface area contributed by atoms with Gasteiger partial charge in [0.2, 0.25) is 0 Å². The van der Waals surface area contributed by atoms with Crippen LogP contribution in [0.4, 0.5) is 13.2 Å². The van der Waals surface area contributed by atoms with Gasteiger partial charge >= 0.3 is 22.6 Å². The topological polar surface area (TPSA) is 52.6 Å². The summed E-state index contributed by atoms with van der Waals surface area (Å²) < 4.78 is 57.2.